The zero-order valence-electron chi connectivity index (χ0n) is 11.9. The Morgan fingerprint density at radius 3 is 2.76 bits per heavy atom. The summed E-state index contributed by atoms with van der Waals surface area (Å²) in [6.07, 6.45) is 5.17. The van der Waals surface area contributed by atoms with Gasteiger partial charge in [-0.1, -0.05) is 0 Å². The van der Waals surface area contributed by atoms with Gasteiger partial charge < -0.3 is 9.67 Å². The molecular formula is C14H16N4O3. The average Bonchev–Trinajstić information content (AvgIpc) is 3.22. The minimum atomic E-state index is -0.919. The molecule has 2 heterocycles. The number of aryl methyl sites for hydroxylation is 1. The van der Waals surface area contributed by atoms with Gasteiger partial charge in [0, 0.05) is 29.7 Å². The molecule has 0 radical (unpaired) electrons. The van der Waals surface area contributed by atoms with E-state index in [0.29, 0.717) is 17.0 Å². The number of aromatic nitrogens is 4. The quantitative estimate of drug-likeness (QED) is 0.906. The molecule has 0 amide bonds. The lowest BCUT2D eigenvalue weighted by molar-refractivity contribution is -0.136. The van der Waals surface area contributed by atoms with Crippen molar-refractivity contribution in [3.05, 3.63) is 39.7 Å². The summed E-state index contributed by atoms with van der Waals surface area (Å²) in [5.74, 6) is -0.696. The Kier molecular flexibility index (Phi) is 3.12. The number of carboxylic acids is 1. The molecule has 1 saturated carbocycles. The molecule has 1 aliphatic carbocycles. The second-order valence-corrected chi connectivity index (χ2v) is 5.33. The van der Waals surface area contributed by atoms with Gasteiger partial charge >= 0.3 is 5.97 Å². The van der Waals surface area contributed by atoms with Gasteiger partial charge in [-0.15, -0.1) is 0 Å². The van der Waals surface area contributed by atoms with Crippen molar-refractivity contribution in [1.29, 1.82) is 0 Å². The standard InChI is InChI=1S/C14H16N4O3/c1-8-11(7-12(19)20)9(2)18(16-8)13-14(21)17(6-5-15-13)10-3-4-10/h5-6,10H,3-4,7H2,1-2H3,(H,19,20). The maximum atomic E-state index is 12.5. The number of aliphatic carboxylic acids is 1. The summed E-state index contributed by atoms with van der Waals surface area (Å²) in [5, 5.41) is 13.2. The topological polar surface area (TPSA) is 90.0 Å². The van der Waals surface area contributed by atoms with Crippen LogP contribution < -0.4 is 5.56 Å². The van der Waals surface area contributed by atoms with E-state index in [9.17, 15) is 9.59 Å². The Morgan fingerprint density at radius 1 is 1.43 bits per heavy atom. The zero-order valence-corrected chi connectivity index (χ0v) is 11.9. The van der Waals surface area contributed by atoms with E-state index in [-0.39, 0.29) is 23.8 Å². The van der Waals surface area contributed by atoms with Crippen LogP contribution in [-0.4, -0.2) is 30.4 Å². The first-order valence-electron chi connectivity index (χ1n) is 6.83. The lowest BCUT2D eigenvalue weighted by atomic mass is 10.1. The summed E-state index contributed by atoms with van der Waals surface area (Å²) in [6, 6.07) is 0.259. The highest BCUT2D eigenvalue weighted by Gasteiger charge is 2.26. The van der Waals surface area contributed by atoms with E-state index in [4.69, 9.17) is 5.11 Å². The van der Waals surface area contributed by atoms with E-state index in [1.807, 2.05) is 0 Å². The summed E-state index contributed by atoms with van der Waals surface area (Å²) in [6.45, 7) is 3.50. The first kappa shape index (κ1) is 13.5. The molecule has 7 heteroatoms. The normalized spacial score (nSPS) is 14.4. The molecule has 0 spiro atoms. The van der Waals surface area contributed by atoms with Crippen molar-refractivity contribution in [3.8, 4) is 5.82 Å². The Balaban J connectivity index is 2.11. The summed E-state index contributed by atoms with van der Waals surface area (Å²) in [5.41, 5.74) is 1.70. The monoisotopic (exact) mass is 288 g/mol. The maximum absolute atomic E-state index is 12.5. The maximum Gasteiger partial charge on any atom is 0.307 e. The molecule has 3 rings (SSSR count). The molecule has 0 unspecified atom stereocenters. The number of hydrogen-bond donors (Lipinski definition) is 1. The van der Waals surface area contributed by atoms with E-state index < -0.39 is 5.97 Å². The number of nitrogens with zero attached hydrogens (tertiary/aromatic N) is 4. The molecule has 2 aromatic heterocycles. The summed E-state index contributed by atoms with van der Waals surface area (Å²) in [4.78, 5) is 27.5. The molecule has 0 atom stereocenters. The van der Waals surface area contributed by atoms with Crippen molar-refractivity contribution in [2.24, 2.45) is 0 Å². The second-order valence-electron chi connectivity index (χ2n) is 5.33. The van der Waals surface area contributed by atoms with Crippen LogP contribution in [0.1, 0.15) is 35.8 Å². The van der Waals surface area contributed by atoms with Crippen LogP contribution in [0.15, 0.2) is 17.2 Å². The van der Waals surface area contributed by atoms with E-state index in [0.717, 1.165) is 12.8 Å². The van der Waals surface area contributed by atoms with Crippen molar-refractivity contribution in [2.75, 3.05) is 0 Å². The van der Waals surface area contributed by atoms with Crippen LogP contribution in [0.4, 0.5) is 0 Å². The lowest BCUT2D eigenvalue weighted by Gasteiger charge is -2.07. The molecule has 1 N–H and O–H groups in total. The number of carbonyl (C=O) groups is 1. The molecular weight excluding hydrogens is 272 g/mol. The van der Waals surface area contributed by atoms with E-state index >= 15 is 0 Å². The Bertz CT molecular complexity index is 771. The van der Waals surface area contributed by atoms with Gasteiger partial charge in [-0.25, -0.2) is 9.67 Å². The van der Waals surface area contributed by atoms with Gasteiger partial charge in [-0.3, -0.25) is 9.59 Å². The summed E-state index contributed by atoms with van der Waals surface area (Å²) >= 11 is 0. The van der Waals surface area contributed by atoms with Crippen LogP contribution in [0, 0.1) is 13.8 Å². The second kappa shape index (κ2) is 4.83. The highest BCUT2D eigenvalue weighted by molar-refractivity contribution is 5.71. The van der Waals surface area contributed by atoms with Gasteiger partial charge in [0.1, 0.15) is 0 Å². The number of rotatable bonds is 4. The molecule has 0 saturated heterocycles. The first-order chi connectivity index (χ1) is 9.99. The fourth-order valence-electron chi connectivity index (χ4n) is 2.49. The van der Waals surface area contributed by atoms with Crippen LogP contribution in [0.5, 0.6) is 0 Å². The molecule has 21 heavy (non-hydrogen) atoms. The van der Waals surface area contributed by atoms with E-state index in [2.05, 4.69) is 10.1 Å². The van der Waals surface area contributed by atoms with E-state index in [1.165, 1.54) is 4.68 Å². The third kappa shape index (κ3) is 2.35. The molecule has 2 aromatic rings. The molecule has 0 aliphatic heterocycles. The average molecular weight is 288 g/mol. The third-order valence-corrected chi connectivity index (χ3v) is 3.76. The van der Waals surface area contributed by atoms with Crippen molar-refractivity contribution >= 4 is 5.97 Å². The molecule has 0 aromatic carbocycles. The van der Waals surface area contributed by atoms with Gasteiger partial charge in [0.25, 0.3) is 5.56 Å². The van der Waals surface area contributed by atoms with Crippen LogP contribution in [0.2, 0.25) is 0 Å². The minimum Gasteiger partial charge on any atom is -0.481 e. The van der Waals surface area contributed by atoms with Crippen LogP contribution >= 0.6 is 0 Å². The fourth-order valence-corrected chi connectivity index (χ4v) is 2.49. The predicted octanol–water partition coefficient (Wildman–Crippen LogP) is 1.01. The lowest BCUT2D eigenvalue weighted by Crippen LogP contribution is -2.25. The molecule has 1 fully saturated rings. The highest BCUT2D eigenvalue weighted by Crippen LogP contribution is 2.33. The third-order valence-electron chi connectivity index (χ3n) is 3.76. The fraction of sp³-hybridized carbons (Fsp3) is 0.429. The minimum absolute atomic E-state index is 0.110. The van der Waals surface area contributed by atoms with Crippen molar-refractivity contribution < 1.29 is 9.90 Å². The Hall–Kier alpha value is -2.44. The van der Waals surface area contributed by atoms with Gasteiger partial charge in [0.15, 0.2) is 0 Å². The van der Waals surface area contributed by atoms with Crippen LogP contribution in [0.3, 0.4) is 0 Å². The van der Waals surface area contributed by atoms with Gasteiger partial charge in [0.2, 0.25) is 5.82 Å². The van der Waals surface area contributed by atoms with Gasteiger partial charge in [0.05, 0.1) is 12.1 Å². The van der Waals surface area contributed by atoms with Crippen molar-refractivity contribution in [1.82, 2.24) is 19.3 Å². The van der Waals surface area contributed by atoms with Gasteiger partial charge in [-0.2, -0.15) is 5.10 Å². The van der Waals surface area contributed by atoms with Gasteiger partial charge in [-0.05, 0) is 26.7 Å². The zero-order chi connectivity index (χ0) is 15.1. The Labute approximate surface area is 120 Å². The van der Waals surface area contributed by atoms with E-state index in [1.54, 1.807) is 30.8 Å². The molecule has 1 aliphatic rings. The highest BCUT2D eigenvalue weighted by atomic mass is 16.4. The number of hydrogen-bond acceptors (Lipinski definition) is 4. The molecule has 110 valence electrons. The van der Waals surface area contributed by atoms with Crippen molar-refractivity contribution in [2.45, 2.75) is 39.2 Å². The largest absolute Gasteiger partial charge is 0.481 e. The SMILES string of the molecule is Cc1nn(-c2nccn(C3CC3)c2=O)c(C)c1CC(=O)O. The summed E-state index contributed by atoms with van der Waals surface area (Å²) < 4.78 is 3.13. The Morgan fingerprint density at radius 2 is 2.14 bits per heavy atom. The molecule has 0 bridgehead atoms. The van der Waals surface area contributed by atoms with Crippen LogP contribution in [0.25, 0.3) is 5.82 Å². The molecule has 7 nitrogen and oxygen atoms in total. The first-order valence-corrected chi connectivity index (χ1v) is 6.83. The summed E-state index contributed by atoms with van der Waals surface area (Å²) in [7, 11) is 0. The smallest absolute Gasteiger partial charge is 0.307 e. The number of carboxylic acid groups (broad SMARTS) is 1. The van der Waals surface area contributed by atoms with Crippen molar-refractivity contribution in [3.63, 3.8) is 0 Å². The van der Waals surface area contributed by atoms with Crippen LogP contribution in [-0.2, 0) is 11.2 Å². The predicted molar refractivity (Wildman–Crippen MR) is 74.7 cm³/mol.